The predicted molar refractivity (Wildman–Crippen MR) is 142 cm³/mol. The first kappa shape index (κ1) is 27.8. The van der Waals surface area contributed by atoms with Gasteiger partial charge in [-0.05, 0) is 36.1 Å². The Morgan fingerprint density at radius 2 is 1.53 bits per heavy atom. The van der Waals surface area contributed by atoms with Crippen molar-refractivity contribution in [3.63, 3.8) is 0 Å². The second-order valence-corrected chi connectivity index (χ2v) is 7.65. The van der Waals surface area contributed by atoms with Crippen molar-refractivity contribution in [1.82, 2.24) is 0 Å². The highest BCUT2D eigenvalue weighted by Crippen LogP contribution is 2.22. The van der Waals surface area contributed by atoms with Gasteiger partial charge in [0, 0.05) is 13.8 Å². The van der Waals surface area contributed by atoms with Gasteiger partial charge in [-0.1, -0.05) is 133 Å². The zero-order valence-corrected chi connectivity index (χ0v) is 20.4. The zero-order valence-electron chi connectivity index (χ0n) is 20.4. The summed E-state index contributed by atoms with van der Waals surface area (Å²) in [5, 5.41) is 2.64. The molecule has 1 heteroatoms. The van der Waals surface area contributed by atoms with E-state index in [0.29, 0.717) is 0 Å². The van der Waals surface area contributed by atoms with Gasteiger partial charge >= 0.3 is 0 Å². The molecule has 168 valence electrons. The van der Waals surface area contributed by atoms with Crippen LogP contribution in [-0.4, -0.2) is 6.21 Å². The number of hydrogen-bond acceptors (Lipinski definition) is 1. The summed E-state index contributed by atoms with van der Waals surface area (Å²) in [6.07, 6.45) is 19.3. The summed E-state index contributed by atoms with van der Waals surface area (Å²) in [4.78, 5) is 3.88. The molecule has 1 nitrogen and oxygen atoms in total. The van der Waals surface area contributed by atoms with Crippen LogP contribution in [0.5, 0.6) is 0 Å². The third-order valence-corrected chi connectivity index (χ3v) is 4.57. The molecule has 0 spiro atoms. The Bertz CT molecular complexity index is 710. The molecule has 0 unspecified atom stereocenters. The molecule has 0 atom stereocenters. The van der Waals surface area contributed by atoms with Crippen molar-refractivity contribution in [3.05, 3.63) is 72.5 Å². The summed E-state index contributed by atoms with van der Waals surface area (Å²) in [6, 6.07) is 14.9. The van der Waals surface area contributed by atoms with Crippen molar-refractivity contribution in [1.29, 1.82) is 0 Å². The van der Waals surface area contributed by atoms with E-state index in [2.05, 4.69) is 81.2 Å². The summed E-state index contributed by atoms with van der Waals surface area (Å²) in [6.45, 7) is 12.7. The van der Waals surface area contributed by atoms with Gasteiger partial charge in [0.15, 0.2) is 0 Å². The van der Waals surface area contributed by atoms with Crippen LogP contribution in [0.4, 0.5) is 0 Å². The minimum absolute atomic E-state index is 0. The van der Waals surface area contributed by atoms with Crippen LogP contribution in [0.1, 0.15) is 86.6 Å². The minimum atomic E-state index is 0. The average molecular weight is 410 g/mol. The predicted octanol–water partition coefficient (Wildman–Crippen LogP) is 9.95. The maximum atomic E-state index is 3.88. The molecule has 1 heterocycles. The molecule has 1 aliphatic carbocycles. The van der Waals surface area contributed by atoms with E-state index in [9.17, 15) is 0 Å². The number of nitrogens with zero attached hydrogens (tertiary/aromatic N) is 1. The standard InChI is InChI=1S/C11H10.C7H14.C6H7N.C3H8.C2H6.H2/c1-9-6-7-10-4-2-3-5-11(10)8-9;1-7-5-3-2-4-6-7;1-2-4-6-7-5-3-1;1-3-2;1-2;/h2-8H,1H3;7H,2-6H2,1H3;1,3-6H,2H2;3H2,1-2H3;1-2H3;1H. The van der Waals surface area contributed by atoms with Crippen LogP contribution >= 0.6 is 0 Å². The van der Waals surface area contributed by atoms with Gasteiger partial charge in [0.05, 0.1) is 0 Å². The zero-order chi connectivity index (χ0) is 22.5. The smallest absolute Gasteiger partial charge is 0.0264 e. The van der Waals surface area contributed by atoms with E-state index in [0.717, 1.165) is 12.3 Å². The molecule has 2 aromatic rings. The molecule has 1 saturated carbocycles. The lowest BCUT2D eigenvalue weighted by Gasteiger charge is -2.15. The lowest BCUT2D eigenvalue weighted by Crippen LogP contribution is -1.99. The molecule has 0 bridgehead atoms. The van der Waals surface area contributed by atoms with E-state index in [4.69, 9.17) is 0 Å². The highest BCUT2D eigenvalue weighted by Gasteiger charge is 2.05. The lowest BCUT2D eigenvalue weighted by molar-refractivity contribution is 0.385. The fourth-order valence-electron chi connectivity index (χ4n) is 3.05. The van der Waals surface area contributed by atoms with E-state index in [1.54, 1.807) is 12.4 Å². The Morgan fingerprint density at radius 1 is 0.900 bits per heavy atom. The molecule has 0 aromatic heterocycles. The Labute approximate surface area is 188 Å². The number of aliphatic imine (C=N–C) groups is 1. The molecule has 4 rings (SSSR count). The molecule has 1 aliphatic heterocycles. The number of aryl methyl sites for hydroxylation is 1. The third kappa shape index (κ3) is 14.8. The number of fused-ring (bicyclic) bond motifs is 1. The maximum absolute atomic E-state index is 3.88. The molecule has 2 aliphatic rings. The lowest BCUT2D eigenvalue weighted by atomic mass is 9.91. The number of allylic oxidation sites excluding steroid dienone is 3. The summed E-state index contributed by atoms with van der Waals surface area (Å²) in [7, 11) is 0. The largest absolute Gasteiger partial charge is 0.265 e. The van der Waals surface area contributed by atoms with Crippen molar-refractivity contribution in [3.8, 4) is 0 Å². The van der Waals surface area contributed by atoms with Crippen LogP contribution in [-0.2, 0) is 0 Å². The molecule has 1 fully saturated rings. The Balaban J connectivity index is 0. The fourth-order valence-corrected chi connectivity index (χ4v) is 3.05. The normalized spacial score (nSPS) is 14.5. The third-order valence-electron chi connectivity index (χ3n) is 4.57. The fraction of sp³-hybridized carbons (Fsp3) is 0.483. The van der Waals surface area contributed by atoms with Gasteiger partial charge < -0.3 is 0 Å². The Morgan fingerprint density at radius 3 is 2.13 bits per heavy atom. The second kappa shape index (κ2) is 20.1. The monoisotopic (exact) mass is 409 g/mol. The quantitative estimate of drug-likeness (QED) is 0.410. The van der Waals surface area contributed by atoms with E-state index in [1.165, 1.54) is 54.9 Å². The van der Waals surface area contributed by atoms with Crippen molar-refractivity contribution in [2.24, 2.45) is 10.9 Å². The molecule has 0 amide bonds. The molecule has 30 heavy (non-hydrogen) atoms. The summed E-state index contributed by atoms with van der Waals surface area (Å²) >= 11 is 0. The number of rotatable bonds is 0. The maximum Gasteiger partial charge on any atom is 0.0264 e. The second-order valence-electron chi connectivity index (χ2n) is 7.65. The summed E-state index contributed by atoms with van der Waals surface area (Å²) in [5.41, 5.74) is 1.32. The molecule has 0 N–H and O–H groups in total. The molecular formula is C29H47N. The topological polar surface area (TPSA) is 12.4 Å². The van der Waals surface area contributed by atoms with Crippen molar-refractivity contribution >= 4 is 17.0 Å². The first-order valence-corrected chi connectivity index (χ1v) is 12.0. The Kier molecular flexibility index (Phi) is 18.7. The summed E-state index contributed by atoms with van der Waals surface area (Å²) in [5.74, 6) is 1.04. The van der Waals surface area contributed by atoms with E-state index in [1.807, 2.05) is 26.0 Å². The van der Waals surface area contributed by atoms with Crippen LogP contribution < -0.4 is 0 Å². The van der Waals surface area contributed by atoms with Gasteiger partial charge in [0.1, 0.15) is 0 Å². The van der Waals surface area contributed by atoms with E-state index >= 15 is 0 Å². The van der Waals surface area contributed by atoms with Gasteiger partial charge in [-0.15, -0.1) is 0 Å². The molecule has 0 saturated heterocycles. The highest BCUT2D eigenvalue weighted by molar-refractivity contribution is 5.82. The number of benzene rings is 2. The molecular weight excluding hydrogens is 362 g/mol. The first-order chi connectivity index (χ1) is 14.7. The number of hydrogen-bond donors (Lipinski definition) is 0. The SMILES string of the molecule is C1=CCC=CN=C1.CC.CC1CCCCC1.CCC.Cc1ccc2ccccc2c1.[HH]. The highest BCUT2D eigenvalue weighted by atomic mass is 14.7. The van der Waals surface area contributed by atoms with Crippen LogP contribution in [0.2, 0.25) is 0 Å². The summed E-state index contributed by atoms with van der Waals surface area (Å²) < 4.78 is 0. The minimum Gasteiger partial charge on any atom is -0.265 e. The van der Waals surface area contributed by atoms with Crippen LogP contribution in [0.3, 0.4) is 0 Å². The molecule has 2 aromatic carbocycles. The van der Waals surface area contributed by atoms with Crippen molar-refractivity contribution < 1.29 is 1.43 Å². The molecule has 0 radical (unpaired) electrons. The van der Waals surface area contributed by atoms with Crippen LogP contribution in [0.25, 0.3) is 10.8 Å². The van der Waals surface area contributed by atoms with Gasteiger partial charge in [-0.25, -0.2) is 0 Å². The van der Waals surface area contributed by atoms with Crippen LogP contribution in [0.15, 0.2) is 71.9 Å². The van der Waals surface area contributed by atoms with Gasteiger partial charge in [0.25, 0.3) is 0 Å². The Hall–Kier alpha value is -2.15. The van der Waals surface area contributed by atoms with E-state index in [-0.39, 0.29) is 1.43 Å². The van der Waals surface area contributed by atoms with Gasteiger partial charge in [0.2, 0.25) is 0 Å². The average Bonchev–Trinajstić information content (AvgIpc) is 3.10. The van der Waals surface area contributed by atoms with Gasteiger partial charge in [-0.2, -0.15) is 0 Å². The van der Waals surface area contributed by atoms with Crippen molar-refractivity contribution in [2.75, 3.05) is 0 Å². The van der Waals surface area contributed by atoms with Crippen LogP contribution in [0, 0.1) is 12.8 Å². The van der Waals surface area contributed by atoms with Crippen molar-refractivity contribution in [2.45, 2.75) is 86.5 Å². The first-order valence-electron chi connectivity index (χ1n) is 12.0. The van der Waals surface area contributed by atoms with E-state index < -0.39 is 0 Å². The van der Waals surface area contributed by atoms with Gasteiger partial charge in [-0.3, -0.25) is 4.99 Å².